The summed E-state index contributed by atoms with van der Waals surface area (Å²) in [5, 5.41) is 11.8. The fourth-order valence-corrected chi connectivity index (χ4v) is 3.19. The molecule has 1 amide bonds. The minimum Gasteiger partial charge on any atom is -0.480 e. The van der Waals surface area contributed by atoms with E-state index in [2.05, 4.69) is 4.98 Å². The van der Waals surface area contributed by atoms with Gasteiger partial charge in [-0.05, 0) is 19.4 Å². The summed E-state index contributed by atoms with van der Waals surface area (Å²) in [6.07, 6.45) is 0.667. The van der Waals surface area contributed by atoms with Gasteiger partial charge in [0.05, 0.1) is 5.02 Å². The maximum absolute atomic E-state index is 12.6. The van der Waals surface area contributed by atoms with Crippen LogP contribution in [0, 0.1) is 0 Å². The topological polar surface area (TPSA) is 70.5 Å². The molecule has 7 heteroatoms. The van der Waals surface area contributed by atoms with E-state index in [1.807, 2.05) is 32.0 Å². The van der Waals surface area contributed by atoms with Crippen molar-refractivity contribution < 1.29 is 14.7 Å². The molecule has 0 radical (unpaired) electrons. The molecule has 0 aliphatic heterocycles. The number of nitrogens with zero attached hydrogens (tertiary/aromatic N) is 2. The van der Waals surface area contributed by atoms with Crippen LogP contribution in [0.1, 0.15) is 30.8 Å². The van der Waals surface area contributed by atoms with Gasteiger partial charge in [0, 0.05) is 17.0 Å². The standard InChI is InChI=1S/C16H17ClN2O3S/c1-3-10(2)19(8-14(20)21)16(22)13-9-23-15(18-13)11-6-4-5-7-12(11)17/h4-7,9-10H,3,8H2,1-2H3,(H,20,21). The molecule has 0 aliphatic rings. The highest BCUT2D eigenvalue weighted by molar-refractivity contribution is 7.13. The smallest absolute Gasteiger partial charge is 0.323 e. The van der Waals surface area contributed by atoms with Gasteiger partial charge in [0.2, 0.25) is 0 Å². The molecule has 0 fully saturated rings. The van der Waals surface area contributed by atoms with E-state index < -0.39 is 5.97 Å². The van der Waals surface area contributed by atoms with Gasteiger partial charge in [0.15, 0.2) is 0 Å². The van der Waals surface area contributed by atoms with Crippen molar-refractivity contribution in [3.63, 3.8) is 0 Å². The first-order valence-corrected chi connectivity index (χ1v) is 8.43. The van der Waals surface area contributed by atoms with Crippen LogP contribution in [0.15, 0.2) is 29.6 Å². The van der Waals surface area contributed by atoms with E-state index in [-0.39, 0.29) is 24.2 Å². The second kappa shape index (κ2) is 7.57. The van der Waals surface area contributed by atoms with Crippen LogP contribution in [0.2, 0.25) is 5.02 Å². The Morgan fingerprint density at radius 1 is 1.39 bits per heavy atom. The minimum atomic E-state index is -1.04. The van der Waals surface area contributed by atoms with E-state index >= 15 is 0 Å². The summed E-state index contributed by atoms with van der Waals surface area (Å²) >= 11 is 7.46. The van der Waals surface area contributed by atoms with Gasteiger partial charge >= 0.3 is 5.97 Å². The number of carboxylic acids is 1. The number of carboxylic acid groups (broad SMARTS) is 1. The zero-order chi connectivity index (χ0) is 17.0. The van der Waals surface area contributed by atoms with E-state index in [0.29, 0.717) is 16.5 Å². The second-order valence-corrected chi connectivity index (χ2v) is 6.37. The molecule has 1 atom stereocenters. The number of aromatic nitrogens is 1. The molecule has 1 aromatic heterocycles. The van der Waals surface area contributed by atoms with Gasteiger partial charge in [0.25, 0.3) is 5.91 Å². The molecule has 0 aliphatic carbocycles. The van der Waals surface area contributed by atoms with Crippen molar-refractivity contribution in [2.75, 3.05) is 6.54 Å². The Bertz CT molecular complexity index is 717. The van der Waals surface area contributed by atoms with Gasteiger partial charge in [-0.2, -0.15) is 0 Å². The van der Waals surface area contributed by atoms with Gasteiger partial charge in [-0.1, -0.05) is 36.7 Å². The molecule has 0 saturated heterocycles. The molecule has 0 spiro atoms. The lowest BCUT2D eigenvalue weighted by atomic mass is 10.2. The fraction of sp³-hybridized carbons (Fsp3) is 0.312. The number of carbonyl (C=O) groups is 2. The number of benzene rings is 1. The number of hydrogen-bond acceptors (Lipinski definition) is 4. The largest absolute Gasteiger partial charge is 0.480 e. The molecular weight excluding hydrogens is 336 g/mol. The Balaban J connectivity index is 2.29. The molecule has 1 N–H and O–H groups in total. The summed E-state index contributed by atoms with van der Waals surface area (Å²) in [6.45, 7) is 3.39. The third-order valence-electron chi connectivity index (χ3n) is 3.52. The average molecular weight is 353 g/mol. The molecule has 0 bridgehead atoms. The quantitative estimate of drug-likeness (QED) is 0.858. The van der Waals surface area contributed by atoms with E-state index in [0.717, 1.165) is 5.56 Å². The van der Waals surface area contributed by atoms with Crippen LogP contribution in [-0.2, 0) is 4.79 Å². The Labute approximate surface area is 143 Å². The zero-order valence-corrected chi connectivity index (χ0v) is 14.4. The molecule has 0 saturated carbocycles. The minimum absolute atomic E-state index is 0.177. The van der Waals surface area contributed by atoms with Crippen molar-refractivity contribution in [1.29, 1.82) is 0 Å². The number of hydrogen-bond donors (Lipinski definition) is 1. The first-order chi connectivity index (χ1) is 10.9. The van der Waals surface area contributed by atoms with E-state index in [1.165, 1.54) is 16.2 Å². The lowest BCUT2D eigenvalue weighted by molar-refractivity contribution is -0.138. The maximum atomic E-state index is 12.6. The number of amides is 1. The van der Waals surface area contributed by atoms with Crippen molar-refractivity contribution in [3.8, 4) is 10.6 Å². The van der Waals surface area contributed by atoms with Gasteiger partial charge in [-0.25, -0.2) is 4.98 Å². The number of halogens is 1. The molecular formula is C16H17ClN2O3S. The molecule has 2 rings (SSSR count). The fourth-order valence-electron chi connectivity index (χ4n) is 2.07. The summed E-state index contributed by atoms with van der Waals surface area (Å²) in [5.74, 6) is -1.42. The lowest BCUT2D eigenvalue weighted by Gasteiger charge is -2.26. The molecule has 1 heterocycles. The predicted molar refractivity (Wildman–Crippen MR) is 91.0 cm³/mol. The SMILES string of the molecule is CCC(C)N(CC(=O)O)C(=O)c1csc(-c2ccccc2Cl)n1. The molecule has 1 aromatic carbocycles. The Kier molecular flexibility index (Phi) is 5.74. The van der Waals surface area contributed by atoms with Gasteiger partial charge in [-0.3, -0.25) is 9.59 Å². The first-order valence-electron chi connectivity index (χ1n) is 7.17. The Morgan fingerprint density at radius 2 is 2.09 bits per heavy atom. The summed E-state index contributed by atoms with van der Waals surface area (Å²) in [5.41, 5.74) is 0.998. The van der Waals surface area contributed by atoms with Crippen LogP contribution in [0.5, 0.6) is 0 Å². The van der Waals surface area contributed by atoms with Crippen LogP contribution >= 0.6 is 22.9 Å². The van der Waals surface area contributed by atoms with E-state index in [4.69, 9.17) is 16.7 Å². The van der Waals surface area contributed by atoms with Crippen LogP contribution < -0.4 is 0 Å². The predicted octanol–water partition coefficient (Wildman–Crippen LogP) is 3.79. The Hall–Kier alpha value is -1.92. The number of thiazole rings is 1. The summed E-state index contributed by atoms with van der Waals surface area (Å²) in [6, 6.07) is 7.08. The highest BCUT2D eigenvalue weighted by Gasteiger charge is 2.25. The third kappa shape index (κ3) is 4.09. The number of rotatable bonds is 6. The van der Waals surface area contributed by atoms with Gasteiger partial charge in [0.1, 0.15) is 17.2 Å². The summed E-state index contributed by atoms with van der Waals surface area (Å²) in [4.78, 5) is 29.3. The highest BCUT2D eigenvalue weighted by atomic mass is 35.5. The zero-order valence-electron chi connectivity index (χ0n) is 12.8. The second-order valence-electron chi connectivity index (χ2n) is 5.10. The van der Waals surface area contributed by atoms with Crippen LogP contribution in [-0.4, -0.2) is 39.5 Å². The van der Waals surface area contributed by atoms with Gasteiger partial charge in [-0.15, -0.1) is 11.3 Å². The van der Waals surface area contributed by atoms with Gasteiger partial charge < -0.3 is 10.0 Å². The van der Waals surface area contributed by atoms with E-state index in [9.17, 15) is 9.59 Å². The lowest BCUT2D eigenvalue weighted by Crippen LogP contribution is -2.42. The van der Waals surface area contributed by atoms with Crippen molar-refractivity contribution in [2.45, 2.75) is 26.3 Å². The van der Waals surface area contributed by atoms with Crippen molar-refractivity contribution in [2.24, 2.45) is 0 Å². The van der Waals surface area contributed by atoms with E-state index in [1.54, 1.807) is 11.4 Å². The molecule has 1 unspecified atom stereocenters. The maximum Gasteiger partial charge on any atom is 0.323 e. The van der Waals surface area contributed by atoms with Crippen molar-refractivity contribution in [3.05, 3.63) is 40.4 Å². The van der Waals surface area contributed by atoms with Crippen molar-refractivity contribution in [1.82, 2.24) is 9.88 Å². The normalized spacial score (nSPS) is 12.0. The third-order valence-corrected chi connectivity index (χ3v) is 4.72. The molecule has 5 nitrogen and oxygen atoms in total. The average Bonchev–Trinajstić information content (AvgIpc) is 3.01. The first kappa shape index (κ1) is 17.4. The van der Waals surface area contributed by atoms with Crippen LogP contribution in [0.25, 0.3) is 10.6 Å². The van der Waals surface area contributed by atoms with Crippen LogP contribution in [0.3, 0.4) is 0 Å². The number of carbonyl (C=O) groups excluding carboxylic acids is 1. The molecule has 2 aromatic rings. The Morgan fingerprint density at radius 3 is 2.70 bits per heavy atom. The molecule has 23 heavy (non-hydrogen) atoms. The van der Waals surface area contributed by atoms with Crippen LogP contribution in [0.4, 0.5) is 0 Å². The number of aliphatic carboxylic acids is 1. The highest BCUT2D eigenvalue weighted by Crippen LogP contribution is 2.30. The van der Waals surface area contributed by atoms with Crippen molar-refractivity contribution >= 4 is 34.8 Å². The molecule has 122 valence electrons. The summed E-state index contributed by atoms with van der Waals surface area (Å²) < 4.78 is 0. The monoisotopic (exact) mass is 352 g/mol. The summed E-state index contributed by atoms with van der Waals surface area (Å²) in [7, 11) is 0.